The van der Waals surface area contributed by atoms with Crippen molar-refractivity contribution in [1.82, 2.24) is 0 Å². The van der Waals surface area contributed by atoms with E-state index in [-0.39, 0.29) is 11.8 Å². The topological polar surface area (TPSA) is 67.4 Å². The van der Waals surface area contributed by atoms with Gasteiger partial charge in [0.25, 0.3) is 5.91 Å². The Kier molecular flexibility index (Phi) is 7.88. The molecule has 0 saturated heterocycles. The van der Waals surface area contributed by atoms with E-state index in [9.17, 15) is 9.59 Å². The minimum absolute atomic E-state index is 0.130. The highest BCUT2D eigenvalue weighted by Gasteiger charge is 2.28. The van der Waals surface area contributed by atoms with Crippen LogP contribution in [0.1, 0.15) is 48.2 Å². The second-order valence-electron chi connectivity index (χ2n) is 8.92. The molecule has 0 aliphatic heterocycles. The van der Waals surface area contributed by atoms with Crippen molar-refractivity contribution in [1.29, 1.82) is 0 Å². The number of carbonyl (C=O) groups is 2. The Balaban J connectivity index is 1.58. The van der Waals surface area contributed by atoms with Crippen molar-refractivity contribution in [3.63, 3.8) is 0 Å². The van der Waals surface area contributed by atoms with Crippen LogP contribution in [0.5, 0.6) is 5.75 Å². The number of para-hydroxylation sites is 2. The zero-order valence-electron chi connectivity index (χ0n) is 19.8. The fourth-order valence-corrected chi connectivity index (χ4v) is 3.47. The number of anilines is 2. The zero-order chi connectivity index (χ0) is 23.8. The molecule has 5 heteroatoms. The van der Waals surface area contributed by atoms with Crippen molar-refractivity contribution in [2.24, 2.45) is 5.41 Å². The molecule has 33 heavy (non-hydrogen) atoms. The third-order valence-electron chi connectivity index (χ3n) is 5.61. The summed E-state index contributed by atoms with van der Waals surface area (Å²) >= 11 is 0. The summed E-state index contributed by atoms with van der Waals surface area (Å²) in [5.74, 6) is 0.488. The van der Waals surface area contributed by atoms with Crippen molar-refractivity contribution >= 4 is 23.2 Å². The van der Waals surface area contributed by atoms with Gasteiger partial charge in [-0.2, -0.15) is 0 Å². The van der Waals surface area contributed by atoms with Gasteiger partial charge in [0.05, 0.1) is 17.9 Å². The first kappa shape index (κ1) is 24.1. The number of amides is 2. The van der Waals surface area contributed by atoms with Gasteiger partial charge < -0.3 is 15.4 Å². The summed E-state index contributed by atoms with van der Waals surface area (Å²) < 4.78 is 5.93. The van der Waals surface area contributed by atoms with Crippen LogP contribution in [-0.2, 0) is 4.79 Å². The molecule has 2 N–H and O–H groups in total. The number of hydrogen-bond donors (Lipinski definition) is 2. The summed E-state index contributed by atoms with van der Waals surface area (Å²) in [7, 11) is 0. The van der Waals surface area contributed by atoms with E-state index in [2.05, 4.69) is 16.7 Å². The molecule has 5 nitrogen and oxygen atoms in total. The van der Waals surface area contributed by atoms with Gasteiger partial charge in [-0.05, 0) is 68.1 Å². The molecule has 3 aromatic rings. The molecule has 3 rings (SSSR count). The molecular formula is C28H32N2O3. The van der Waals surface area contributed by atoms with Crippen LogP contribution >= 0.6 is 0 Å². The lowest BCUT2D eigenvalue weighted by Crippen LogP contribution is -2.32. The van der Waals surface area contributed by atoms with E-state index >= 15 is 0 Å². The van der Waals surface area contributed by atoms with Gasteiger partial charge in [-0.15, -0.1) is 0 Å². The highest BCUT2D eigenvalue weighted by molar-refractivity contribution is 6.10. The number of aryl methyl sites for hydroxylation is 2. The van der Waals surface area contributed by atoms with Gasteiger partial charge in [-0.1, -0.05) is 56.3 Å². The van der Waals surface area contributed by atoms with Crippen LogP contribution < -0.4 is 15.4 Å². The average Bonchev–Trinajstić information content (AvgIpc) is 2.80. The molecule has 0 spiro atoms. The Hall–Kier alpha value is -3.60. The quantitative estimate of drug-likeness (QED) is 0.376. The van der Waals surface area contributed by atoms with Crippen molar-refractivity contribution in [2.75, 3.05) is 17.2 Å². The lowest BCUT2D eigenvalue weighted by molar-refractivity contribution is -0.124. The van der Waals surface area contributed by atoms with Crippen LogP contribution in [-0.4, -0.2) is 18.4 Å². The summed E-state index contributed by atoms with van der Waals surface area (Å²) in [6.07, 6.45) is 1.39. The molecule has 0 bridgehead atoms. The van der Waals surface area contributed by atoms with Crippen LogP contribution in [0.25, 0.3) is 0 Å². The summed E-state index contributed by atoms with van der Waals surface area (Å²) in [6.45, 7) is 8.42. The number of ether oxygens (including phenoxy) is 1. The summed E-state index contributed by atoms with van der Waals surface area (Å²) in [5.41, 5.74) is 3.26. The number of benzene rings is 3. The number of nitrogens with one attached hydrogen (secondary N) is 2. The second-order valence-corrected chi connectivity index (χ2v) is 8.92. The van der Waals surface area contributed by atoms with Gasteiger partial charge in [-0.25, -0.2) is 0 Å². The molecule has 0 fully saturated rings. The van der Waals surface area contributed by atoms with E-state index in [1.54, 1.807) is 24.3 Å². The van der Waals surface area contributed by atoms with Crippen LogP contribution in [0.2, 0.25) is 0 Å². The van der Waals surface area contributed by atoms with Gasteiger partial charge in [-0.3, -0.25) is 9.59 Å². The maximum Gasteiger partial charge on any atom is 0.257 e. The molecule has 0 unspecified atom stereocenters. The number of hydrogen-bond acceptors (Lipinski definition) is 3. The van der Waals surface area contributed by atoms with E-state index in [1.807, 2.05) is 70.2 Å². The van der Waals surface area contributed by atoms with E-state index < -0.39 is 5.41 Å². The third-order valence-corrected chi connectivity index (χ3v) is 5.61. The molecule has 0 saturated carbocycles. The normalized spacial score (nSPS) is 11.0. The van der Waals surface area contributed by atoms with Crippen LogP contribution in [0, 0.1) is 19.3 Å². The van der Waals surface area contributed by atoms with Gasteiger partial charge in [0.2, 0.25) is 5.91 Å². The van der Waals surface area contributed by atoms with Crippen LogP contribution in [0.3, 0.4) is 0 Å². The molecular weight excluding hydrogens is 412 g/mol. The SMILES string of the molecule is Cc1ccc(C)c(OCCCC(C)(C)C(=O)Nc2ccccc2C(=O)Nc2ccccc2)c1. The van der Waals surface area contributed by atoms with E-state index in [0.717, 1.165) is 23.3 Å². The standard InChI is InChI=1S/C28H32N2O3/c1-20-15-16-21(2)25(19-20)33-18-10-17-28(3,4)27(32)30-24-14-9-8-13-23(24)26(31)29-22-11-6-5-7-12-22/h5-9,11-16,19H,10,17-18H2,1-4H3,(H,29,31)(H,30,32). The molecule has 0 aliphatic rings. The van der Waals surface area contributed by atoms with Crippen LogP contribution in [0.15, 0.2) is 72.8 Å². The predicted molar refractivity (Wildman–Crippen MR) is 134 cm³/mol. The summed E-state index contributed by atoms with van der Waals surface area (Å²) in [6, 6.07) is 22.4. The lowest BCUT2D eigenvalue weighted by Gasteiger charge is -2.24. The predicted octanol–water partition coefficient (Wildman–Crippen LogP) is 6.38. The highest BCUT2D eigenvalue weighted by Crippen LogP contribution is 2.27. The van der Waals surface area contributed by atoms with Crippen molar-refractivity contribution in [3.8, 4) is 5.75 Å². The van der Waals surface area contributed by atoms with E-state index in [4.69, 9.17) is 4.74 Å². The minimum Gasteiger partial charge on any atom is -0.493 e. The molecule has 0 radical (unpaired) electrons. The molecule has 172 valence electrons. The Bertz CT molecular complexity index is 1110. The molecule has 0 heterocycles. The maximum atomic E-state index is 13.0. The Labute approximate surface area is 196 Å². The molecule has 0 atom stereocenters. The molecule has 2 amide bonds. The minimum atomic E-state index is -0.617. The van der Waals surface area contributed by atoms with E-state index in [0.29, 0.717) is 30.0 Å². The number of rotatable bonds is 9. The summed E-state index contributed by atoms with van der Waals surface area (Å²) in [5, 5.41) is 5.82. The van der Waals surface area contributed by atoms with Crippen molar-refractivity contribution in [3.05, 3.63) is 89.5 Å². The molecule has 3 aromatic carbocycles. The third kappa shape index (κ3) is 6.69. The largest absolute Gasteiger partial charge is 0.493 e. The Morgan fingerprint density at radius 3 is 2.33 bits per heavy atom. The first-order chi connectivity index (χ1) is 15.8. The van der Waals surface area contributed by atoms with Gasteiger partial charge in [0, 0.05) is 11.1 Å². The van der Waals surface area contributed by atoms with Crippen molar-refractivity contribution in [2.45, 2.75) is 40.5 Å². The smallest absolute Gasteiger partial charge is 0.257 e. The van der Waals surface area contributed by atoms with Gasteiger partial charge >= 0.3 is 0 Å². The monoisotopic (exact) mass is 444 g/mol. The average molecular weight is 445 g/mol. The van der Waals surface area contributed by atoms with Gasteiger partial charge in [0.15, 0.2) is 0 Å². The van der Waals surface area contributed by atoms with Crippen LogP contribution in [0.4, 0.5) is 11.4 Å². The van der Waals surface area contributed by atoms with Gasteiger partial charge in [0.1, 0.15) is 5.75 Å². The Morgan fingerprint density at radius 2 is 1.58 bits per heavy atom. The maximum absolute atomic E-state index is 13.0. The highest BCUT2D eigenvalue weighted by atomic mass is 16.5. The second kappa shape index (κ2) is 10.8. The first-order valence-electron chi connectivity index (χ1n) is 11.2. The Morgan fingerprint density at radius 1 is 0.879 bits per heavy atom. The molecule has 0 aromatic heterocycles. The summed E-state index contributed by atoms with van der Waals surface area (Å²) in [4.78, 5) is 25.8. The molecule has 0 aliphatic carbocycles. The fraction of sp³-hybridized carbons (Fsp3) is 0.286. The number of carbonyl (C=O) groups excluding carboxylic acids is 2. The first-order valence-corrected chi connectivity index (χ1v) is 11.2. The fourth-order valence-electron chi connectivity index (χ4n) is 3.47. The lowest BCUT2D eigenvalue weighted by atomic mass is 9.86. The van der Waals surface area contributed by atoms with Crippen molar-refractivity contribution < 1.29 is 14.3 Å². The van der Waals surface area contributed by atoms with E-state index in [1.165, 1.54) is 0 Å². The zero-order valence-corrected chi connectivity index (χ0v) is 19.8.